The highest BCUT2D eigenvalue weighted by atomic mass is 35.5. The van der Waals surface area contributed by atoms with E-state index in [0.29, 0.717) is 35.4 Å². The molecule has 0 saturated heterocycles. The Labute approximate surface area is 230 Å². The van der Waals surface area contributed by atoms with Crippen molar-refractivity contribution in [3.8, 4) is 11.5 Å². The van der Waals surface area contributed by atoms with Crippen molar-refractivity contribution in [1.29, 1.82) is 0 Å². The van der Waals surface area contributed by atoms with Crippen LogP contribution in [0.5, 0.6) is 11.5 Å². The van der Waals surface area contributed by atoms with Gasteiger partial charge in [-0.25, -0.2) is 8.42 Å². The summed E-state index contributed by atoms with van der Waals surface area (Å²) in [6.45, 7) is 6.72. The molecule has 9 nitrogen and oxygen atoms in total. The maximum atomic E-state index is 13.4. The van der Waals surface area contributed by atoms with Crippen molar-refractivity contribution in [1.82, 2.24) is 10.2 Å². The predicted molar refractivity (Wildman–Crippen MR) is 148 cm³/mol. The SMILES string of the molecule is CC[C@H](C)NC(=O)[C@H](C)N(Cc1ccc(Cl)cc1)C(=O)CCCN(c1ccc2c(c1)OCCO2)S(C)(=O)=O. The molecule has 0 unspecified atom stereocenters. The topological polar surface area (TPSA) is 105 Å². The molecular formula is C27H36ClN3O6S. The Bertz CT molecular complexity index is 1220. The van der Waals surface area contributed by atoms with Crippen LogP contribution in [-0.4, -0.2) is 63.2 Å². The van der Waals surface area contributed by atoms with E-state index in [2.05, 4.69) is 5.32 Å². The van der Waals surface area contributed by atoms with E-state index >= 15 is 0 Å². The van der Waals surface area contributed by atoms with Gasteiger partial charge in [-0.2, -0.15) is 0 Å². The molecule has 0 aliphatic carbocycles. The third-order valence-corrected chi connectivity index (χ3v) is 7.85. The van der Waals surface area contributed by atoms with Gasteiger partial charge in [0.1, 0.15) is 19.3 Å². The number of carbonyl (C=O) groups excluding carboxylic acids is 2. The Morgan fingerprint density at radius 1 is 1.05 bits per heavy atom. The molecule has 0 spiro atoms. The lowest BCUT2D eigenvalue weighted by Crippen LogP contribution is -2.49. The van der Waals surface area contributed by atoms with Gasteiger partial charge in [0.15, 0.2) is 11.5 Å². The Balaban J connectivity index is 1.73. The minimum atomic E-state index is -3.63. The first-order chi connectivity index (χ1) is 18.0. The summed E-state index contributed by atoms with van der Waals surface area (Å²) in [5, 5.41) is 3.51. The second-order valence-electron chi connectivity index (χ2n) is 9.41. The van der Waals surface area contributed by atoms with E-state index in [1.807, 2.05) is 26.0 Å². The van der Waals surface area contributed by atoms with E-state index < -0.39 is 16.1 Å². The molecule has 1 heterocycles. The number of rotatable bonds is 12. The zero-order chi connectivity index (χ0) is 27.9. The summed E-state index contributed by atoms with van der Waals surface area (Å²) in [7, 11) is -3.63. The zero-order valence-corrected chi connectivity index (χ0v) is 23.8. The Kier molecular flexibility index (Phi) is 10.3. The van der Waals surface area contributed by atoms with E-state index in [9.17, 15) is 18.0 Å². The highest BCUT2D eigenvalue weighted by molar-refractivity contribution is 7.92. The van der Waals surface area contributed by atoms with Crippen LogP contribution in [0.2, 0.25) is 5.02 Å². The fourth-order valence-corrected chi connectivity index (χ4v) is 5.11. The molecule has 2 atom stereocenters. The van der Waals surface area contributed by atoms with Crippen LogP contribution in [0.1, 0.15) is 45.6 Å². The van der Waals surface area contributed by atoms with Crippen molar-refractivity contribution in [2.24, 2.45) is 0 Å². The fraction of sp³-hybridized carbons (Fsp3) is 0.481. The lowest BCUT2D eigenvalue weighted by atomic mass is 10.1. The van der Waals surface area contributed by atoms with Crippen LogP contribution in [0, 0.1) is 0 Å². The van der Waals surface area contributed by atoms with Gasteiger partial charge in [0.25, 0.3) is 0 Å². The largest absolute Gasteiger partial charge is 0.486 e. The van der Waals surface area contributed by atoms with E-state index in [1.54, 1.807) is 37.3 Å². The summed E-state index contributed by atoms with van der Waals surface area (Å²) in [5.41, 5.74) is 1.27. The quantitative estimate of drug-likeness (QED) is 0.417. The van der Waals surface area contributed by atoms with Gasteiger partial charge in [-0.1, -0.05) is 30.7 Å². The Morgan fingerprint density at radius 2 is 1.71 bits per heavy atom. The molecule has 1 N–H and O–H groups in total. The van der Waals surface area contributed by atoms with Crippen molar-refractivity contribution >= 4 is 39.1 Å². The van der Waals surface area contributed by atoms with Crippen molar-refractivity contribution in [2.75, 3.05) is 30.3 Å². The maximum absolute atomic E-state index is 13.4. The summed E-state index contributed by atoms with van der Waals surface area (Å²) in [6, 6.07) is 11.3. The average molecular weight is 566 g/mol. The van der Waals surface area contributed by atoms with Crippen LogP contribution >= 0.6 is 11.6 Å². The molecule has 208 valence electrons. The second kappa shape index (κ2) is 13.2. The molecule has 11 heteroatoms. The number of hydrogen-bond acceptors (Lipinski definition) is 6. The Hall–Kier alpha value is -2.98. The van der Waals surface area contributed by atoms with Crippen molar-refractivity contribution in [3.63, 3.8) is 0 Å². The molecule has 0 aromatic heterocycles. The lowest BCUT2D eigenvalue weighted by Gasteiger charge is -2.30. The minimum Gasteiger partial charge on any atom is -0.486 e. The van der Waals surface area contributed by atoms with Gasteiger partial charge in [0.2, 0.25) is 21.8 Å². The monoisotopic (exact) mass is 565 g/mol. The van der Waals surface area contributed by atoms with Crippen LogP contribution in [0.4, 0.5) is 5.69 Å². The second-order valence-corrected chi connectivity index (χ2v) is 11.8. The number of fused-ring (bicyclic) bond motifs is 1. The smallest absolute Gasteiger partial charge is 0.242 e. The van der Waals surface area contributed by atoms with Gasteiger partial charge in [-0.15, -0.1) is 0 Å². The summed E-state index contributed by atoms with van der Waals surface area (Å²) < 4.78 is 37.6. The molecule has 0 bridgehead atoms. The normalized spacial score (nSPS) is 14.3. The number of hydrogen-bond donors (Lipinski definition) is 1. The van der Waals surface area contributed by atoms with E-state index in [-0.39, 0.29) is 43.8 Å². The van der Waals surface area contributed by atoms with E-state index in [0.717, 1.165) is 18.2 Å². The van der Waals surface area contributed by atoms with Crippen LogP contribution in [0.25, 0.3) is 0 Å². The van der Waals surface area contributed by atoms with Crippen molar-refractivity contribution in [2.45, 2.75) is 58.7 Å². The molecule has 1 aliphatic heterocycles. The standard InChI is InChI=1S/C27H36ClN3O6S/c1-5-19(2)29-27(33)20(3)30(18-21-8-10-22(28)11-9-21)26(32)7-6-14-31(38(4,34)35)23-12-13-24-25(17-23)37-16-15-36-24/h8-13,17,19-20H,5-7,14-16,18H2,1-4H3,(H,29,33)/t19-,20-/m0/s1. The number of ether oxygens (including phenoxy) is 2. The number of nitrogens with one attached hydrogen (secondary N) is 1. The maximum Gasteiger partial charge on any atom is 0.242 e. The molecule has 2 amide bonds. The first-order valence-corrected chi connectivity index (χ1v) is 14.9. The number of sulfonamides is 1. The van der Waals surface area contributed by atoms with Gasteiger partial charge in [-0.3, -0.25) is 13.9 Å². The van der Waals surface area contributed by atoms with Gasteiger partial charge in [-0.05, 0) is 56.5 Å². The number of benzene rings is 2. The fourth-order valence-electron chi connectivity index (χ4n) is 4.03. The number of halogens is 1. The lowest BCUT2D eigenvalue weighted by molar-refractivity contribution is -0.140. The molecular weight excluding hydrogens is 530 g/mol. The van der Waals surface area contributed by atoms with Gasteiger partial charge >= 0.3 is 0 Å². The van der Waals surface area contributed by atoms with Gasteiger partial charge in [0.05, 0.1) is 11.9 Å². The Morgan fingerprint density at radius 3 is 2.34 bits per heavy atom. The molecule has 0 radical (unpaired) electrons. The zero-order valence-electron chi connectivity index (χ0n) is 22.3. The van der Waals surface area contributed by atoms with Crippen molar-refractivity contribution in [3.05, 3.63) is 53.1 Å². The van der Waals surface area contributed by atoms with Crippen LogP contribution in [0.3, 0.4) is 0 Å². The van der Waals surface area contributed by atoms with Gasteiger partial charge in [0, 0.05) is 36.6 Å². The highest BCUT2D eigenvalue weighted by Gasteiger charge is 2.27. The first-order valence-electron chi connectivity index (χ1n) is 12.7. The average Bonchev–Trinajstić information content (AvgIpc) is 2.89. The molecule has 38 heavy (non-hydrogen) atoms. The third-order valence-electron chi connectivity index (χ3n) is 6.40. The number of carbonyl (C=O) groups is 2. The number of amides is 2. The van der Waals surface area contributed by atoms with E-state index in [1.165, 1.54) is 9.21 Å². The molecule has 1 aliphatic rings. The van der Waals surface area contributed by atoms with Crippen molar-refractivity contribution < 1.29 is 27.5 Å². The summed E-state index contributed by atoms with van der Waals surface area (Å²) in [4.78, 5) is 27.8. The molecule has 2 aromatic carbocycles. The third kappa shape index (κ3) is 8.01. The van der Waals surface area contributed by atoms with Gasteiger partial charge < -0.3 is 19.7 Å². The van der Waals surface area contributed by atoms with Crippen LogP contribution < -0.4 is 19.1 Å². The first kappa shape index (κ1) is 29.6. The summed E-state index contributed by atoms with van der Waals surface area (Å²) in [6.07, 6.45) is 2.22. The van der Waals surface area contributed by atoms with Crippen LogP contribution in [0.15, 0.2) is 42.5 Å². The van der Waals surface area contributed by atoms with Crippen LogP contribution in [-0.2, 0) is 26.2 Å². The molecule has 3 rings (SSSR count). The molecule has 0 saturated carbocycles. The number of nitrogens with zero attached hydrogens (tertiary/aromatic N) is 2. The number of anilines is 1. The summed E-state index contributed by atoms with van der Waals surface area (Å²) >= 11 is 6.01. The summed E-state index contributed by atoms with van der Waals surface area (Å²) in [5.74, 6) is 0.554. The molecule has 0 fully saturated rings. The van der Waals surface area contributed by atoms with E-state index in [4.69, 9.17) is 21.1 Å². The molecule has 2 aromatic rings. The minimum absolute atomic E-state index is 0.0215. The highest BCUT2D eigenvalue weighted by Crippen LogP contribution is 2.34. The predicted octanol–water partition coefficient (Wildman–Crippen LogP) is 3.99.